The van der Waals surface area contributed by atoms with Crippen LogP contribution in [0, 0.1) is 0 Å². The van der Waals surface area contributed by atoms with Gasteiger partial charge in [0, 0.05) is 37.8 Å². The summed E-state index contributed by atoms with van der Waals surface area (Å²) in [6, 6.07) is 7.00. The van der Waals surface area contributed by atoms with Gasteiger partial charge in [-0.05, 0) is 37.5 Å². The average Bonchev–Trinajstić information content (AvgIpc) is 2.99. The van der Waals surface area contributed by atoms with E-state index in [0.717, 1.165) is 5.56 Å². The molecular weight excluding hydrogens is 392 g/mol. The highest BCUT2D eigenvalue weighted by Gasteiger charge is 2.32. The normalized spacial score (nSPS) is 13.3. The number of benzene rings is 1. The van der Waals surface area contributed by atoms with E-state index >= 15 is 0 Å². The Bertz CT molecular complexity index is 829. The van der Waals surface area contributed by atoms with Crippen LogP contribution in [0.15, 0.2) is 24.3 Å². The maximum atomic E-state index is 12.0. The number of carbonyl (C=O) groups is 6. The number of nitrogens with zero attached hydrogens (tertiary/aromatic N) is 1. The Labute approximate surface area is 173 Å². The van der Waals surface area contributed by atoms with Crippen molar-refractivity contribution in [1.82, 2.24) is 5.06 Å². The van der Waals surface area contributed by atoms with Crippen LogP contribution >= 0.6 is 0 Å². The first-order valence-electron chi connectivity index (χ1n) is 9.71. The summed E-state index contributed by atoms with van der Waals surface area (Å²) < 4.78 is 0. The zero-order valence-corrected chi connectivity index (χ0v) is 16.8. The largest absolute Gasteiger partial charge is 0.333 e. The number of hydroxylamine groups is 2. The number of rotatable bonds is 11. The molecule has 3 amide bonds. The van der Waals surface area contributed by atoms with Crippen LogP contribution in [0.1, 0.15) is 57.4 Å². The topological polar surface area (TPSA) is 127 Å². The van der Waals surface area contributed by atoms with Gasteiger partial charge in [0.15, 0.2) is 0 Å². The Hall–Kier alpha value is -3.36. The molecule has 0 aromatic heterocycles. The van der Waals surface area contributed by atoms with Crippen molar-refractivity contribution in [1.29, 1.82) is 0 Å². The first-order valence-corrected chi connectivity index (χ1v) is 9.71. The van der Waals surface area contributed by atoms with Crippen molar-refractivity contribution in [2.45, 2.75) is 58.3 Å². The molecule has 1 N–H and O–H groups in total. The molecule has 0 unspecified atom stereocenters. The van der Waals surface area contributed by atoms with Crippen LogP contribution < -0.4 is 5.32 Å². The lowest BCUT2D eigenvalue weighted by atomic mass is 10.0. The summed E-state index contributed by atoms with van der Waals surface area (Å²) in [5, 5.41) is 3.18. The number of amides is 3. The summed E-state index contributed by atoms with van der Waals surface area (Å²) in [6.07, 6.45) is 0.990. The third-order valence-corrected chi connectivity index (χ3v) is 4.36. The summed E-state index contributed by atoms with van der Waals surface area (Å²) in [4.78, 5) is 73.7. The van der Waals surface area contributed by atoms with E-state index < -0.39 is 17.8 Å². The van der Waals surface area contributed by atoms with Crippen LogP contribution in [-0.2, 0) is 40.0 Å². The molecule has 160 valence electrons. The molecule has 0 spiro atoms. The fourth-order valence-electron chi connectivity index (χ4n) is 2.83. The second-order valence-electron chi connectivity index (χ2n) is 7.06. The molecule has 1 saturated heterocycles. The summed E-state index contributed by atoms with van der Waals surface area (Å²) in [5.74, 6) is -2.37. The predicted molar refractivity (Wildman–Crippen MR) is 105 cm³/mol. The third-order valence-electron chi connectivity index (χ3n) is 4.36. The van der Waals surface area contributed by atoms with Gasteiger partial charge < -0.3 is 10.2 Å². The van der Waals surface area contributed by atoms with Gasteiger partial charge in [0.25, 0.3) is 11.8 Å². The number of nitrogens with one attached hydrogen (secondary N) is 1. The number of carbonyl (C=O) groups excluding carboxylic acids is 6. The molecule has 9 heteroatoms. The van der Waals surface area contributed by atoms with Crippen molar-refractivity contribution >= 4 is 40.9 Å². The molecule has 0 bridgehead atoms. The molecule has 1 aliphatic heterocycles. The van der Waals surface area contributed by atoms with Gasteiger partial charge in [0.05, 0.1) is 6.42 Å². The second kappa shape index (κ2) is 11.0. The molecule has 1 aromatic rings. The molecule has 30 heavy (non-hydrogen) atoms. The maximum Gasteiger partial charge on any atom is 0.333 e. The number of Topliss-reactive ketones (excluding diaryl/α,β-unsaturated/α-hetero) is 2. The highest BCUT2D eigenvalue weighted by Crippen LogP contribution is 2.14. The maximum absolute atomic E-state index is 12.0. The molecule has 1 aliphatic rings. The van der Waals surface area contributed by atoms with Gasteiger partial charge in [-0.25, -0.2) is 4.79 Å². The van der Waals surface area contributed by atoms with Gasteiger partial charge in [0.1, 0.15) is 11.6 Å². The van der Waals surface area contributed by atoms with Crippen LogP contribution in [0.2, 0.25) is 0 Å². The zero-order chi connectivity index (χ0) is 22.1. The lowest BCUT2D eigenvalue weighted by Crippen LogP contribution is -2.32. The van der Waals surface area contributed by atoms with E-state index in [2.05, 4.69) is 5.32 Å². The van der Waals surface area contributed by atoms with Crippen molar-refractivity contribution in [3.05, 3.63) is 29.8 Å². The minimum absolute atomic E-state index is 0.0298. The molecule has 1 heterocycles. The molecule has 1 fully saturated rings. The molecule has 0 saturated carbocycles. The summed E-state index contributed by atoms with van der Waals surface area (Å²) >= 11 is 0. The lowest BCUT2D eigenvalue weighted by molar-refractivity contribution is -0.197. The van der Waals surface area contributed by atoms with Crippen LogP contribution in [0.5, 0.6) is 0 Å². The molecule has 2 rings (SSSR count). The van der Waals surface area contributed by atoms with Gasteiger partial charge >= 0.3 is 5.97 Å². The molecule has 0 atom stereocenters. The van der Waals surface area contributed by atoms with E-state index in [-0.39, 0.29) is 62.4 Å². The predicted octanol–water partition coefficient (Wildman–Crippen LogP) is 1.88. The van der Waals surface area contributed by atoms with Crippen molar-refractivity contribution in [3.8, 4) is 0 Å². The van der Waals surface area contributed by atoms with Gasteiger partial charge in [-0.1, -0.05) is 12.1 Å². The van der Waals surface area contributed by atoms with E-state index in [9.17, 15) is 28.8 Å². The minimum Gasteiger partial charge on any atom is -0.330 e. The smallest absolute Gasteiger partial charge is 0.330 e. The Morgan fingerprint density at radius 1 is 0.967 bits per heavy atom. The molecule has 0 radical (unpaired) electrons. The number of hydrogen-bond acceptors (Lipinski definition) is 7. The lowest BCUT2D eigenvalue weighted by Gasteiger charge is -2.12. The van der Waals surface area contributed by atoms with Gasteiger partial charge in [-0.15, -0.1) is 5.06 Å². The Morgan fingerprint density at radius 2 is 1.60 bits per heavy atom. The molecule has 0 aliphatic carbocycles. The number of aryl methyl sites for hydroxylation is 1. The fourth-order valence-corrected chi connectivity index (χ4v) is 2.83. The number of imide groups is 1. The first kappa shape index (κ1) is 22.9. The summed E-state index contributed by atoms with van der Waals surface area (Å²) in [5.41, 5.74) is 1.49. The third kappa shape index (κ3) is 7.57. The Morgan fingerprint density at radius 3 is 2.20 bits per heavy atom. The van der Waals surface area contributed by atoms with Crippen LogP contribution in [0.4, 0.5) is 5.69 Å². The van der Waals surface area contributed by atoms with Crippen molar-refractivity contribution in [3.63, 3.8) is 0 Å². The zero-order valence-electron chi connectivity index (χ0n) is 16.8. The van der Waals surface area contributed by atoms with Crippen molar-refractivity contribution < 1.29 is 33.6 Å². The summed E-state index contributed by atoms with van der Waals surface area (Å²) in [6.45, 7) is 1.38. The quantitative estimate of drug-likeness (QED) is 0.431. The fraction of sp³-hybridized carbons (Fsp3) is 0.429. The monoisotopic (exact) mass is 416 g/mol. The van der Waals surface area contributed by atoms with Crippen LogP contribution in [-0.4, -0.2) is 40.3 Å². The number of hydrogen-bond donors (Lipinski definition) is 1. The standard InChI is InChI=1S/C21H24N2O7/c1-14(24)13-17(25)10-7-15-5-8-16(9-6-15)22-18(26)3-2-4-21(29)30-23-19(27)11-12-20(23)28/h5-6,8-9H,2-4,7,10-13H2,1H3,(H,22,26). The van der Waals surface area contributed by atoms with E-state index in [0.29, 0.717) is 17.2 Å². The second-order valence-corrected chi connectivity index (χ2v) is 7.06. The van der Waals surface area contributed by atoms with Crippen LogP contribution in [0.3, 0.4) is 0 Å². The minimum atomic E-state index is -0.741. The highest BCUT2D eigenvalue weighted by molar-refractivity contribution is 6.01. The van der Waals surface area contributed by atoms with Crippen molar-refractivity contribution in [2.75, 3.05) is 5.32 Å². The average molecular weight is 416 g/mol. The SMILES string of the molecule is CC(=O)CC(=O)CCc1ccc(NC(=O)CCCC(=O)ON2C(=O)CCC2=O)cc1. The number of ketones is 2. The Kier molecular flexibility index (Phi) is 8.40. The van der Waals surface area contributed by atoms with Crippen LogP contribution in [0.25, 0.3) is 0 Å². The van der Waals surface area contributed by atoms with Gasteiger partial charge in [-0.3, -0.25) is 24.0 Å². The van der Waals surface area contributed by atoms with Gasteiger partial charge in [0.2, 0.25) is 5.91 Å². The van der Waals surface area contributed by atoms with E-state index in [1.807, 2.05) is 0 Å². The Balaban J connectivity index is 1.67. The molecule has 1 aromatic carbocycles. The summed E-state index contributed by atoms with van der Waals surface area (Å²) in [7, 11) is 0. The van der Waals surface area contributed by atoms with E-state index in [1.54, 1.807) is 24.3 Å². The molecule has 9 nitrogen and oxygen atoms in total. The van der Waals surface area contributed by atoms with Crippen molar-refractivity contribution in [2.24, 2.45) is 0 Å². The number of anilines is 1. The highest BCUT2D eigenvalue weighted by atomic mass is 16.7. The van der Waals surface area contributed by atoms with Gasteiger partial charge in [-0.2, -0.15) is 0 Å². The van der Waals surface area contributed by atoms with E-state index in [4.69, 9.17) is 4.84 Å². The van der Waals surface area contributed by atoms with E-state index in [1.165, 1.54) is 6.92 Å². The molecular formula is C21H24N2O7. The first-order chi connectivity index (χ1) is 14.2.